The zero-order chi connectivity index (χ0) is 13.5. The lowest BCUT2D eigenvalue weighted by Crippen LogP contribution is -2.16. The number of hydrogen-bond donors (Lipinski definition) is 2. The molecule has 0 aliphatic heterocycles. The van der Waals surface area contributed by atoms with Crippen LogP contribution in [0.15, 0.2) is 24.3 Å². The molecule has 0 bridgehead atoms. The maximum atomic E-state index is 11.8. The molecule has 1 fully saturated rings. The summed E-state index contributed by atoms with van der Waals surface area (Å²) in [6, 6.07) is 7.40. The fourth-order valence-corrected chi connectivity index (χ4v) is 2.15. The first-order valence-electron chi connectivity index (χ1n) is 7.00. The number of ether oxygens (including phenoxy) is 1. The quantitative estimate of drug-likeness (QED) is 0.813. The van der Waals surface area contributed by atoms with Crippen molar-refractivity contribution in [1.82, 2.24) is 0 Å². The third-order valence-corrected chi connectivity index (χ3v) is 3.53. The maximum Gasteiger partial charge on any atom is 0.224 e. The number of benzene rings is 1. The monoisotopic (exact) mass is 298 g/mol. The van der Waals surface area contributed by atoms with Crippen molar-refractivity contribution in [3.05, 3.63) is 24.3 Å². The lowest BCUT2D eigenvalue weighted by atomic mass is 9.82. The molecule has 112 valence electrons. The molecule has 0 saturated heterocycles. The van der Waals surface area contributed by atoms with Gasteiger partial charge in [0.2, 0.25) is 5.91 Å². The zero-order valence-corrected chi connectivity index (χ0v) is 12.5. The number of carbonyl (C=O) groups is 1. The van der Waals surface area contributed by atoms with Gasteiger partial charge < -0.3 is 15.8 Å². The second kappa shape index (κ2) is 8.82. The van der Waals surface area contributed by atoms with Crippen molar-refractivity contribution >= 4 is 24.0 Å². The predicted molar refractivity (Wildman–Crippen MR) is 83.4 cm³/mol. The molecular weight excluding hydrogens is 276 g/mol. The first-order chi connectivity index (χ1) is 9.28. The van der Waals surface area contributed by atoms with E-state index in [2.05, 4.69) is 5.32 Å². The fraction of sp³-hybridized carbons (Fsp3) is 0.533. The molecule has 20 heavy (non-hydrogen) atoms. The normalized spacial score (nSPS) is 14.1. The van der Waals surface area contributed by atoms with E-state index in [1.807, 2.05) is 24.3 Å². The van der Waals surface area contributed by atoms with Crippen LogP contribution in [0.25, 0.3) is 0 Å². The van der Waals surface area contributed by atoms with Crippen molar-refractivity contribution < 1.29 is 9.53 Å². The van der Waals surface area contributed by atoms with Crippen LogP contribution in [-0.4, -0.2) is 19.1 Å². The topological polar surface area (TPSA) is 64.3 Å². The molecule has 2 rings (SSSR count). The minimum Gasteiger partial charge on any atom is -0.492 e. The van der Waals surface area contributed by atoms with E-state index in [0.717, 1.165) is 23.8 Å². The van der Waals surface area contributed by atoms with E-state index in [1.165, 1.54) is 19.3 Å². The molecule has 1 aliphatic rings. The Morgan fingerprint density at radius 3 is 2.55 bits per heavy atom. The Balaban J connectivity index is 0.00000200. The first-order valence-corrected chi connectivity index (χ1v) is 7.00. The summed E-state index contributed by atoms with van der Waals surface area (Å²) in [5, 5.41) is 2.91. The minimum atomic E-state index is 0. The SMILES string of the molecule is Cl.NCCOc1ccc(NC(=O)CCC2CCC2)cc1. The molecule has 0 aromatic heterocycles. The number of anilines is 1. The molecular formula is C15H23ClN2O2. The smallest absolute Gasteiger partial charge is 0.224 e. The van der Waals surface area contributed by atoms with Gasteiger partial charge in [-0.05, 0) is 36.6 Å². The van der Waals surface area contributed by atoms with Crippen LogP contribution in [0.2, 0.25) is 0 Å². The summed E-state index contributed by atoms with van der Waals surface area (Å²) < 4.78 is 5.38. The molecule has 1 saturated carbocycles. The number of nitrogens with two attached hydrogens (primary N) is 1. The average molecular weight is 299 g/mol. The molecule has 0 radical (unpaired) electrons. The average Bonchev–Trinajstić information content (AvgIpc) is 2.36. The van der Waals surface area contributed by atoms with Gasteiger partial charge in [-0.15, -0.1) is 12.4 Å². The molecule has 1 aliphatic carbocycles. The highest BCUT2D eigenvalue weighted by atomic mass is 35.5. The van der Waals surface area contributed by atoms with Crippen molar-refractivity contribution in [2.45, 2.75) is 32.1 Å². The van der Waals surface area contributed by atoms with E-state index in [9.17, 15) is 4.79 Å². The third-order valence-electron chi connectivity index (χ3n) is 3.53. The number of carbonyl (C=O) groups excluding carboxylic acids is 1. The predicted octanol–water partition coefficient (Wildman–Crippen LogP) is 2.96. The van der Waals surface area contributed by atoms with Crippen LogP contribution < -0.4 is 15.8 Å². The molecule has 0 unspecified atom stereocenters. The van der Waals surface area contributed by atoms with Crippen LogP contribution >= 0.6 is 12.4 Å². The molecule has 0 spiro atoms. The molecule has 5 heteroatoms. The highest BCUT2D eigenvalue weighted by molar-refractivity contribution is 5.90. The van der Waals surface area contributed by atoms with E-state index in [4.69, 9.17) is 10.5 Å². The molecule has 0 atom stereocenters. The molecule has 1 amide bonds. The second-order valence-corrected chi connectivity index (χ2v) is 5.05. The van der Waals surface area contributed by atoms with Crippen molar-refractivity contribution in [3.8, 4) is 5.75 Å². The molecule has 3 N–H and O–H groups in total. The largest absolute Gasteiger partial charge is 0.492 e. The van der Waals surface area contributed by atoms with Gasteiger partial charge in [0.1, 0.15) is 12.4 Å². The Morgan fingerprint density at radius 2 is 2.00 bits per heavy atom. The number of halogens is 1. The number of hydrogen-bond acceptors (Lipinski definition) is 3. The van der Waals surface area contributed by atoms with Gasteiger partial charge in [0, 0.05) is 18.7 Å². The van der Waals surface area contributed by atoms with Gasteiger partial charge in [0.25, 0.3) is 0 Å². The van der Waals surface area contributed by atoms with Gasteiger partial charge in [-0.1, -0.05) is 19.3 Å². The van der Waals surface area contributed by atoms with Crippen LogP contribution in [0.4, 0.5) is 5.69 Å². The van der Waals surface area contributed by atoms with E-state index >= 15 is 0 Å². The summed E-state index contributed by atoms with van der Waals surface area (Å²) in [6.07, 6.45) is 5.55. The summed E-state index contributed by atoms with van der Waals surface area (Å²) in [6.45, 7) is 1.01. The van der Waals surface area contributed by atoms with Gasteiger partial charge in [-0.25, -0.2) is 0 Å². The van der Waals surface area contributed by atoms with Crippen molar-refractivity contribution in [2.75, 3.05) is 18.5 Å². The van der Waals surface area contributed by atoms with Crippen LogP contribution in [0, 0.1) is 5.92 Å². The fourth-order valence-electron chi connectivity index (χ4n) is 2.15. The van der Waals surface area contributed by atoms with E-state index in [-0.39, 0.29) is 18.3 Å². The van der Waals surface area contributed by atoms with Crippen LogP contribution in [0.3, 0.4) is 0 Å². The lowest BCUT2D eigenvalue weighted by Gasteiger charge is -2.24. The zero-order valence-electron chi connectivity index (χ0n) is 11.6. The van der Waals surface area contributed by atoms with Gasteiger partial charge in [-0.3, -0.25) is 4.79 Å². The van der Waals surface area contributed by atoms with Crippen LogP contribution in [0.5, 0.6) is 5.75 Å². The van der Waals surface area contributed by atoms with E-state index < -0.39 is 0 Å². The van der Waals surface area contributed by atoms with Crippen LogP contribution in [-0.2, 0) is 4.79 Å². The molecule has 4 nitrogen and oxygen atoms in total. The van der Waals surface area contributed by atoms with E-state index in [1.54, 1.807) is 0 Å². The first kappa shape index (κ1) is 16.8. The third kappa shape index (κ3) is 5.39. The van der Waals surface area contributed by atoms with Crippen molar-refractivity contribution in [3.63, 3.8) is 0 Å². The Morgan fingerprint density at radius 1 is 1.30 bits per heavy atom. The Hall–Kier alpha value is -1.26. The molecule has 1 aromatic rings. The van der Waals surface area contributed by atoms with Gasteiger partial charge in [-0.2, -0.15) is 0 Å². The Bertz CT molecular complexity index is 405. The Labute approximate surface area is 126 Å². The van der Waals surface area contributed by atoms with Gasteiger partial charge in [0.05, 0.1) is 0 Å². The van der Waals surface area contributed by atoms with E-state index in [0.29, 0.717) is 19.6 Å². The Kier molecular flexibility index (Phi) is 7.41. The highest BCUT2D eigenvalue weighted by Gasteiger charge is 2.18. The summed E-state index contributed by atoms with van der Waals surface area (Å²) >= 11 is 0. The van der Waals surface area contributed by atoms with Crippen LogP contribution in [0.1, 0.15) is 32.1 Å². The van der Waals surface area contributed by atoms with Crippen molar-refractivity contribution in [1.29, 1.82) is 0 Å². The number of rotatable bonds is 7. The number of nitrogens with one attached hydrogen (secondary N) is 1. The molecule has 0 heterocycles. The lowest BCUT2D eigenvalue weighted by molar-refractivity contribution is -0.116. The van der Waals surface area contributed by atoms with Gasteiger partial charge >= 0.3 is 0 Å². The summed E-state index contributed by atoms with van der Waals surface area (Å²) in [5.74, 6) is 1.65. The summed E-state index contributed by atoms with van der Waals surface area (Å²) in [7, 11) is 0. The second-order valence-electron chi connectivity index (χ2n) is 5.05. The molecule has 1 aromatic carbocycles. The standard InChI is InChI=1S/C15H22N2O2.ClH/c16-10-11-19-14-7-5-13(6-8-14)17-15(18)9-4-12-2-1-3-12;/h5-8,12H,1-4,9-11,16H2,(H,17,18);1H. The summed E-state index contributed by atoms with van der Waals surface area (Å²) in [5.41, 5.74) is 6.18. The number of amides is 1. The highest BCUT2D eigenvalue weighted by Crippen LogP contribution is 2.30. The van der Waals surface area contributed by atoms with Crippen molar-refractivity contribution in [2.24, 2.45) is 11.7 Å². The minimum absolute atomic E-state index is 0. The maximum absolute atomic E-state index is 11.8. The summed E-state index contributed by atoms with van der Waals surface area (Å²) in [4.78, 5) is 11.8. The van der Waals surface area contributed by atoms with Gasteiger partial charge in [0.15, 0.2) is 0 Å².